The first-order valence-electron chi connectivity index (χ1n) is 7.15. The summed E-state index contributed by atoms with van der Waals surface area (Å²) < 4.78 is 1.13. The average molecular weight is 326 g/mol. The summed E-state index contributed by atoms with van der Waals surface area (Å²) in [5.41, 5.74) is 1.50. The molecule has 1 aromatic rings. The van der Waals surface area contributed by atoms with E-state index >= 15 is 0 Å². The van der Waals surface area contributed by atoms with Gasteiger partial charge in [0.2, 0.25) is 0 Å². The van der Waals surface area contributed by atoms with Crippen LogP contribution >= 0.6 is 15.9 Å². The van der Waals surface area contributed by atoms with Gasteiger partial charge in [0.05, 0.1) is 6.10 Å². The van der Waals surface area contributed by atoms with Crippen molar-refractivity contribution in [3.63, 3.8) is 0 Å². The summed E-state index contributed by atoms with van der Waals surface area (Å²) in [6, 6.07) is 9.16. The van der Waals surface area contributed by atoms with Crippen LogP contribution in [0.3, 0.4) is 0 Å². The van der Waals surface area contributed by atoms with Crippen molar-refractivity contribution in [1.82, 2.24) is 5.32 Å². The van der Waals surface area contributed by atoms with Gasteiger partial charge < -0.3 is 10.4 Å². The third kappa shape index (κ3) is 4.30. The molecule has 3 heteroatoms. The van der Waals surface area contributed by atoms with Crippen LogP contribution in [0.1, 0.15) is 45.1 Å². The van der Waals surface area contributed by atoms with Gasteiger partial charge in [0.25, 0.3) is 0 Å². The Kier molecular flexibility index (Phi) is 5.04. The average Bonchev–Trinajstić information content (AvgIpc) is 2.39. The Bertz CT molecular complexity index is 394. The van der Waals surface area contributed by atoms with Crippen LogP contribution in [0.25, 0.3) is 0 Å². The van der Waals surface area contributed by atoms with E-state index in [1.165, 1.54) is 5.56 Å². The highest BCUT2D eigenvalue weighted by Crippen LogP contribution is 2.25. The van der Waals surface area contributed by atoms with Crippen molar-refractivity contribution in [3.05, 3.63) is 34.3 Å². The lowest BCUT2D eigenvalue weighted by Gasteiger charge is -2.32. The fraction of sp³-hybridized carbons (Fsp3) is 0.625. The maximum atomic E-state index is 9.53. The molecule has 0 spiro atoms. The molecule has 2 N–H and O–H groups in total. The number of aliphatic hydroxyl groups is 1. The molecule has 1 aromatic carbocycles. The zero-order chi connectivity index (χ0) is 13.9. The van der Waals surface area contributed by atoms with Gasteiger partial charge in [-0.25, -0.2) is 0 Å². The van der Waals surface area contributed by atoms with Gasteiger partial charge in [0.15, 0.2) is 0 Å². The number of benzene rings is 1. The molecule has 19 heavy (non-hydrogen) atoms. The fourth-order valence-corrected chi connectivity index (χ4v) is 2.95. The fourth-order valence-electron chi connectivity index (χ4n) is 2.68. The molecule has 2 rings (SSSR count). The van der Waals surface area contributed by atoms with Crippen LogP contribution in [0.4, 0.5) is 0 Å². The number of halogens is 1. The molecule has 0 atom stereocenters. The first-order valence-corrected chi connectivity index (χ1v) is 7.94. The van der Waals surface area contributed by atoms with E-state index in [9.17, 15) is 5.11 Å². The van der Waals surface area contributed by atoms with Crippen LogP contribution in [-0.2, 0) is 5.41 Å². The molecule has 0 saturated heterocycles. The molecule has 0 amide bonds. The minimum absolute atomic E-state index is 0.0717. The highest BCUT2D eigenvalue weighted by atomic mass is 79.9. The second-order valence-corrected chi connectivity index (χ2v) is 7.19. The van der Waals surface area contributed by atoms with Gasteiger partial charge in [-0.05, 0) is 43.4 Å². The maximum absolute atomic E-state index is 9.53. The van der Waals surface area contributed by atoms with Crippen molar-refractivity contribution in [1.29, 1.82) is 0 Å². The lowest BCUT2D eigenvalue weighted by molar-refractivity contribution is 0.115. The van der Waals surface area contributed by atoms with Crippen molar-refractivity contribution in [2.75, 3.05) is 6.54 Å². The third-order valence-electron chi connectivity index (χ3n) is 4.16. The Morgan fingerprint density at radius 1 is 1.16 bits per heavy atom. The lowest BCUT2D eigenvalue weighted by atomic mass is 9.83. The summed E-state index contributed by atoms with van der Waals surface area (Å²) in [4.78, 5) is 0. The summed E-state index contributed by atoms with van der Waals surface area (Å²) in [5, 5.41) is 13.2. The molecule has 1 aliphatic rings. The molecule has 106 valence electrons. The Morgan fingerprint density at radius 3 is 2.32 bits per heavy atom. The van der Waals surface area contributed by atoms with Crippen LogP contribution < -0.4 is 5.32 Å². The smallest absolute Gasteiger partial charge is 0.0541 e. The van der Waals surface area contributed by atoms with Crippen LogP contribution in [0, 0.1) is 0 Å². The van der Waals surface area contributed by atoms with Gasteiger partial charge in [-0.1, -0.05) is 41.9 Å². The number of aliphatic hydroxyl groups excluding tert-OH is 1. The van der Waals surface area contributed by atoms with E-state index in [0.29, 0.717) is 6.04 Å². The van der Waals surface area contributed by atoms with Gasteiger partial charge >= 0.3 is 0 Å². The van der Waals surface area contributed by atoms with E-state index in [1.807, 2.05) is 0 Å². The molecule has 0 aliphatic heterocycles. The molecule has 2 nitrogen and oxygen atoms in total. The molecule has 0 radical (unpaired) electrons. The monoisotopic (exact) mass is 325 g/mol. The minimum atomic E-state index is -0.0717. The second kappa shape index (κ2) is 6.38. The van der Waals surface area contributed by atoms with E-state index < -0.39 is 0 Å². The first-order chi connectivity index (χ1) is 8.97. The SMILES string of the molecule is CC(C)(CNC1CCC(O)CC1)c1ccc(Br)cc1. The number of nitrogens with one attached hydrogen (secondary N) is 1. The quantitative estimate of drug-likeness (QED) is 0.886. The predicted octanol–water partition coefficient (Wildman–Crippen LogP) is 3.62. The highest BCUT2D eigenvalue weighted by molar-refractivity contribution is 9.10. The van der Waals surface area contributed by atoms with E-state index in [0.717, 1.165) is 36.7 Å². The molecule has 0 unspecified atom stereocenters. The van der Waals surface area contributed by atoms with Gasteiger partial charge in [-0.15, -0.1) is 0 Å². The highest BCUT2D eigenvalue weighted by Gasteiger charge is 2.24. The van der Waals surface area contributed by atoms with Gasteiger partial charge in [0.1, 0.15) is 0 Å². The minimum Gasteiger partial charge on any atom is -0.393 e. The van der Waals surface area contributed by atoms with Crippen molar-refractivity contribution in [3.8, 4) is 0 Å². The van der Waals surface area contributed by atoms with E-state index in [2.05, 4.69) is 59.4 Å². The summed E-state index contributed by atoms with van der Waals surface area (Å²) >= 11 is 3.48. The van der Waals surface area contributed by atoms with Gasteiger partial charge in [0, 0.05) is 22.5 Å². The van der Waals surface area contributed by atoms with E-state index in [1.54, 1.807) is 0 Å². The van der Waals surface area contributed by atoms with Gasteiger partial charge in [-0.2, -0.15) is 0 Å². The van der Waals surface area contributed by atoms with Crippen molar-refractivity contribution in [2.45, 2.75) is 57.1 Å². The van der Waals surface area contributed by atoms with Crippen LogP contribution in [0.2, 0.25) is 0 Å². The Morgan fingerprint density at radius 2 is 1.74 bits per heavy atom. The number of rotatable bonds is 4. The summed E-state index contributed by atoms with van der Waals surface area (Å²) in [6.45, 7) is 5.54. The zero-order valence-electron chi connectivity index (χ0n) is 11.8. The third-order valence-corrected chi connectivity index (χ3v) is 4.68. The van der Waals surface area contributed by atoms with Crippen molar-refractivity contribution in [2.24, 2.45) is 0 Å². The van der Waals surface area contributed by atoms with Crippen molar-refractivity contribution >= 4 is 15.9 Å². The van der Waals surface area contributed by atoms with Gasteiger partial charge in [-0.3, -0.25) is 0 Å². The lowest BCUT2D eigenvalue weighted by Crippen LogP contribution is -2.41. The van der Waals surface area contributed by atoms with Crippen LogP contribution in [-0.4, -0.2) is 23.8 Å². The standard InChI is InChI=1S/C16H24BrNO/c1-16(2,12-3-5-13(17)6-4-12)11-18-14-7-9-15(19)10-8-14/h3-6,14-15,18-19H,7-11H2,1-2H3. The molecule has 0 aromatic heterocycles. The van der Waals surface area contributed by atoms with Crippen LogP contribution in [0.5, 0.6) is 0 Å². The molecule has 1 saturated carbocycles. The molecular formula is C16H24BrNO. The normalized spacial score (nSPS) is 24.4. The molecule has 1 fully saturated rings. The Labute approximate surface area is 124 Å². The Balaban J connectivity index is 1.88. The molecule has 0 heterocycles. The number of hydrogen-bond acceptors (Lipinski definition) is 2. The number of hydrogen-bond donors (Lipinski definition) is 2. The largest absolute Gasteiger partial charge is 0.393 e. The molecule has 0 bridgehead atoms. The first kappa shape index (κ1) is 15.0. The summed E-state index contributed by atoms with van der Waals surface area (Å²) in [5.74, 6) is 0. The van der Waals surface area contributed by atoms with Crippen LogP contribution in [0.15, 0.2) is 28.7 Å². The summed E-state index contributed by atoms with van der Waals surface area (Å²) in [7, 11) is 0. The zero-order valence-corrected chi connectivity index (χ0v) is 13.4. The summed E-state index contributed by atoms with van der Waals surface area (Å²) in [6.07, 6.45) is 4.00. The van der Waals surface area contributed by atoms with Crippen molar-refractivity contribution < 1.29 is 5.11 Å². The molecule has 1 aliphatic carbocycles. The maximum Gasteiger partial charge on any atom is 0.0541 e. The predicted molar refractivity (Wildman–Crippen MR) is 83.4 cm³/mol. The topological polar surface area (TPSA) is 32.3 Å². The van der Waals surface area contributed by atoms with E-state index in [-0.39, 0.29) is 11.5 Å². The second-order valence-electron chi connectivity index (χ2n) is 6.28. The van der Waals surface area contributed by atoms with E-state index in [4.69, 9.17) is 0 Å². The molecular weight excluding hydrogens is 302 g/mol. The Hall–Kier alpha value is -0.380.